The van der Waals surface area contributed by atoms with Crippen LogP contribution in [0.4, 0.5) is 0 Å². The van der Waals surface area contributed by atoms with Gasteiger partial charge in [0.05, 0.1) is 12.1 Å². The minimum absolute atomic E-state index is 0.0215. The zero-order valence-electron chi connectivity index (χ0n) is 12.0. The number of nitrogens with one attached hydrogen (secondary N) is 2. The van der Waals surface area contributed by atoms with Gasteiger partial charge in [0, 0.05) is 5.70 Å². The Labute approximate surface area is 121 Å². The second kappa shape index (κ2) is 8.15. The van der Waals surface area contributed by atoms with Crippen molar-refractivity contribution in [1.82, 2.24) is 10.6 Å². The van der Waals surface area contributed by atoms with Crippen molar-refractivity contribution in [3.8, 4) is 0 Å². The van der Waals surface area contributed by atoms with Crippen molar-refractivity contribution in [3.63, 3.8) is 0 Å². The summed E-state index contributed by atoms with van der Waals surface area (Å²) in [6.07, 6.45) is 5.31. The van der Waals surface area contributed by atoms with Gasteiger partial charge in [0.25, 0.3) is 0 Å². The Morgan fingerprint density at radius 3 is 2.74 bits per heavy atom. The fourth-order valence-electron chi connectivity index (χ4n) is 2.01. The van der Waals surface area contributed by atoms with Crippen LogP contribution in [-0.2, 0) is 9.53 Å². The smallest absolute Gasteiger partial charge is 0.337 e. The third kappa shape index (κ3) is 5.19. The molecular weight excluding hydrogens is 260 g/mol. The van der Waals surface area contributed by atoms with E-state index in [2.05, 4.69) is 24.5 Å². The van der Waals surface area contributed by atoms with Crippen LogP contribution in [-0.4, -0.2) is 23.7 Å². The Hall–Kier alpha value is -1.10. The third-order valence-electron chi connectivity index (χ3n) is 3.28. The van der Waals surface area contributed by atoms with Crippen LogP contribution in [0.3, 0.4) is 0 Å². The highest BCUT2D eigenvalue weighted by Crippen LogP contribution is 2.14. The summed E-state index contributed by atoms with van der Waals surface area (Å²) in [5, 5.41) is 6.46. The number of rotatable bonds is 7. The highest BCUT2D eigenvalue weighted by atomic mass is 32.1. The highest BCUT2D eigenvalue weighted by molar-refractivity contribution is 7.80. The van der Waals surface area contributed by atoms with Crippen LogP contribution >= 0.6 is 12.2 Å². The molecule has 0 amide bonds. The zero-order chi connectivity index (χ0) is 14.3. The molecule has 0 aliphatic carbocycles. The summed E-state index contributed by atoms with van der Waals surface area (Å²) in [7, 11) is 0. The molecule has 0 bridgehead atoms. The first kappa shape index (κ1) is 16.0. The molecule has 19 heavy (non-hydrogen) atoms. The predicted molar refractivity (Wildman–Crippen MR) is 80.7 cm³/mol. The van der Waals surface area contributed by atoms with Crippen LogP contribution in [0.2, 0.25) is 0 Å². The summed E-state index contributed by atoms with van der Waals surface area (Å²) in [4.78, 5) is 12.1. The van der Waals surface area contributed by atoms with Gasteiger partial charge in [-0.2, -0.15) is 0 Å². The maximum atomic E-state index is 12.1. The van der Waals surface area contributed by atoms with Crippen molar-refractivity contribution in [2.75, 3.05) is 6.54 Å². The molecule has 0 radical (unpaired) electrons. The van der Waals surface area contributed by atoms with E-state index < -0.39 is 0 Å². The Kier molecular flexibility index (Phi) is 6.84. The number of allylic oxidation sites excluding steroid dienone is 1. The van der Waals surface area contributed by atoms with Crippen molar-refractivity contribution < 1.29 is 9.53 Å². The average molecular weight is 284 g/mol. The van der Waals surface area contributed by atoms with Gasteiger partial charge >= 0.3 is 5.97 Å². The van der Waals surface area contributed by atoms with Gasteiger partial charge in [0.1, 0.15) is 6.10 Å². The molecule has 5 heteroatoms. The number of ether oxygens (including phenoxy) is 1. The number of hydrogen-bond acceptors (Lipinski definition) is 3. The largest absolute Gasteiger partial charge is 0.459 e. The van der Waals surface area contributed by atoms with Crippen molar-refractivity contribution in [1.29, 1.82) is 0 Å². The van der Waals surface area contributed by atoms with Gasteiger partial charge in [-0.3, -0.25) is 0 Å². The van der Waals surface area contributed by atoms with E-state index in [0.717, 1.165) is 25.0 Å². The number of esters is 1. The Bertz CT molecular complexity index is 366. The molecule has 0 fully saturated rings. The highest BCUT2D eigenvalue weighted by Gasteiger charge is 2.22. The fourth-order valence-corrected chi connectivity index (χ4v) is 2.23. The molecule has 0 saturated carbocycles. The average Bonchev–Trinajstić information content (AvgIpc) is 2.37. The van der Waals surface area contributed by atoms with Crippen molar-refractivity contribution in [2.24, 2.45) is 0 Å². The molecule has 2 N–H and O–H groups in total. The summed E-state index contributed by atoms with van der Waals surface area (Å²) in [6, 6.07) is 0. The van der Waals surface area contributed by atoms with E-state index in [4.69, 9.17) is 17.0 Å². The van der Waals surface area contributed by atoms with E-state index in [0.29, 0.717) is 17.2 Å². The lowest BCUT2D eigenvalue weighted by Gasteiger charge is -2.23. The van der Waals surface area contributed by atoms with Gasteiger partial charge in [0.15, 0.2) is 5.11 Å². The topological polar surface area (TPSA) is 50.4 Å². The van der Waals surface area contributed by atoms with E-state index in [-0.39, 0.29) is 12.1 Å². The number of unbranched alkanes of at least 4 members (excludes halogenated alkanes) is 2. The molecule has 1 unspecified atom stereocenters. The first-order valence-electron chi connectivity index (χ1n) is 7.04. The molecule has 1 aliphatic rings. The molecule has 0 spiro atoms. The summed E-state index contributed by atoms with van der Waals surface area (Å²) >= 11 is 5.00. The van der Waals surface area contributed by atoms with Crippen LogP contribution < -0.4 is 10.6 Å². The number of carbonyl (C=O) groups excluding carboxylic acids is 1. The van der Waals surface area contributed by atoms with Crippen LogP contribution in [0.15, 0.2) is 11.3 Å². The van der Waals surface area contributed by atoms with Crippen LogP contribution in [0, 0.1) is 0 Å². The molecule has 0 aromatic carbocycles. The van der Waals surface area contributed by atoms with E-state index in [1.54, 1.807) is 0 Å². The molecule has 1 heterocycles. The molecule has 0 aromatic rings. The predicted octanol–water partition coefficient (Wildman–Crippen LogP) is 2.64. The first-order chi connectivity index (χ1) is 9.08. The monoisotopic (exact) mass is 284 g/mol. The van der Waals surface area contributed by atoms with Gasteiger partial charge in [-0.1, -0.05) is 26.7 Å². The van der Waals surface area contributed by atoms with Gasteiger partial charge < -0.3 is 15.4 Å². The van der Waals surface area contributed by atoms with Crippen LogP contribution in [0.1, 0.15) is 52.9 Å². The van der Waals surface area contributed by atoms with Gasteiger partial charge in [0.2, 0.25) is 0 Å². The molecular formula is C14H24N2O2S. The lowest BCUT2D eigenvalue weighted by Crippen LogP contribution is -2.43. The van der Waals surface area contributed by atoms with Crippen molar-refractivity contribution in [2.45, 2.75) is 59.0 Å². The van der Waals surface area contributed by atoms with Crippen LogP contribution in [0.5, 0.6) is 0 Å². The minimum Gasteiger partial charge on any atom is -0.459 e. The van der Waals surface area contributed by atoms with E-state index in [9.17, 15) is 4.79 Å². The number of carbonyl (C=O) groups is 1. The van der Waals surface area contributed by atoms with Gasteiger partial charge in [-0.05, 0) is 38.4 Å². The normalized spacial score (nSPS) is 16.7. The maximum absolute atomic E-state index is 12.1. The van der Waals surface area contributed by atoms with Crippen molar-refractivity contribution >= 4 is 23.3 Å². The SMILES string of the molecule is CCCCCC(CC)OC(=O)C1=C(C)NC(=S)NC1. The van der Waals surface area contributed by atoms with E-state index in [1.807, 2.05) is 6.92 Å². The second-order valence-electron chi connectivity index (χ2n) is 4.84. The maximum Gasteiger partial charge on any atom is 0.337 e. The Morgan fingerprint density at radius 2 is 2.16 bits per heavy atom. The lowest BCUT2D eigenvalue weighted by molar-refractivity contribution is -0.145. The number of hydrogen-bond donors (Lipinski definition) is 2. The van der Waals surface area contributed by atoms with E-state index >= 15 is 0 Å². The summed E-state index contributed by atoms with van der Waals surface area (Å²) in [6.45, 7) is 6.52. The molecule has 4 nitrogen and oxygen atoms in total. The first-order valence-corrected chi connectivity index (χ1v) is 7.44. The summed E-state index contributed by atoms with van der Waals surface area (Å²) in [5.74, 6) is -0.233. The summed E-state index contributed by atoms with van der Waals surface area (Å²) < 4.78 is 5.57. The van der Waals surface area contributed by atoms with E-state index in [1.165, 1.54) is 12.8 Å². The molecule has 1 aliphatic heterocycles. The van der Waals surface area contributed by atoms with Gasteiger partial charge in [-0.15, -0.1) is 0 Å². The second-order valence-corrected chi connectivity index (χ2v) is 5.25. The van der Waals surface area contributed by atoms with Crippen molar-refractivity contribution in [3.05, 3.63) is 11.3 Å². The van der Waals surface area contributed by atoms with Gasteiger partial charge in [-0.25, -0.2) is 4.79 Å². The fraction of sp³-hybridized carbons (Fsp3) is 0.714. The molecule has 0 aromatic heterocycles. The minimum atomic E-state index is -0.233. The molecule has 108 valence electrons. The van der Waals surface area contributed by atoms with Crippen LogP contribution in [0.25, 0.3) is 0 Å². The lowest BCUT2D eigenvalue weighted by atomic mass is 10.1. The number of thiocarbonyl (C=S) groups is 1. The molecule has 0 saturated heterocycles. The zero-order valence-corrected chi connectivity index (χ0v) is 12.9. The third-order valence-corrected chi connectivity index (χ3v) is 3.53. The Morgan fingerprint density at radius 1 is 1.42 bits per heavy atom. The summed E-state index contributed by atoms with van der Waals surface area (Å²) in [5.41, 5.74) is 1.43. The standard InChI is InChI=1S/C14H24N2O2S/c1-4-6-7-8-11(5-2)18-13(17)12-9-15-14(19)16-10(12)3/h11H,4-9H2,1-3H3,(H2,15,16,19). The quantitative estimate of drug-likeness (QED) is 0.427. The molecule has 1 rings (SSSR count). The Balaban J connectivity index is 2.52. The molecule has 1 atom stereocenters.